The van der Waals surface area contributed by atoms with Gasteiger partial charge >= 0.3 is 5.63 Å². The summed E-state index contributed by atoms with van der Waals surface area (Å²) in [5.41, 5.74) is 1.24. The van der Waals surface area contributed by atoms with Crippen molar-refractivity contribution in [1.29, 1.82) is 0 Å². The van der Waals surface area contributed by atoms with Gasteiger partial charge in [0.15, 0.2) is 0 Å². The van der Waals surface area contributed by atoms with Crippen LogP contribution in [0.4, 0.5) is 0 Å². The standard InChI is InChI=1S/C24H22O7/c1-2-11-3-4-12-13-5-6-14-17(26)8-7-15(23-21(28)20(27)18(10-25)30-23)19(14)22(13)31-24(29)16(12)9-11/h3-9,18,20-21,23,25-28H,2,10H2,1H3/t18-,20-,21-,23+/m1/s1. The van der Waals surface area contributed by atoms with Crippen LogP contribution in [0.2, 0.25) is 0 Å². The molecule has 1 saturated heterocycles. The van der Waals surface area contributed by atoms with E-state index in [1.165, 1.54) is 6.07 Å². The van der Waals surface area contributed by atoms with Crippen LogP contribution in [0.5, 0.6) is 5.75 Å². The molecular formula is C24H22O7. The van der Waals surface area contributed by atoms with Gasteiger partial charge in [0, 0.05) is 16.2 Å². The molecule has 160 valence electrons. The Balaban J connectivity index is 1.86. The first-order valence-electron chi connectivity index (χ1n) is 10.2. The van der Waals surface area contributed by atoms with Crippen molar-refractivity contribution in [3.63, 3.8) is 0 Å². The van der Waals surface area contributed by atoms with Crippen LogP contribution < -0.4 is 5.63 Å². The lowest BCUT2D eigenvalue weighted by Crippen LogP contribution is -2.32. The number of phenols is 1. The van der Waals surface area contributed by atoms with Crippen LogP contribution in [-0.4, -0.2) is 45.3 Å². The molecule has 0 bridgehead atoms. The summed E-state index contributed by atoms with van der Waals surface area (Å²) in [6, 6.07) is 12.2. The van der Waals surface area contributed by atoms with Gasteiger partial charge in [-0.25, -0.2) is 4.79 Å². The number of aryl methyl sites for hydroxylation is 1. The highest BCUT2D eigenvalue weighted by Crippen LogP contribution is 2.42. The number of aromatic hydroxyl groups is 1. The minimum absolute atomic E-state index is 0.0172. The van der Waals surface area contributed by atoms with Crippen molar-refractivity contribution < 1.29 is 29.6 Å². The molecule has 1 aliphatic heterocycles. The van der Waals surface area contributed by atoms with Gasteiger partial charge in [-0.15, -0.1) is 0 Å². The molecule has 0 saturated carbocycles. The zero-order chi connectivity index (χ0) is 21.9. The third-order valence-electron chi connectivity index (χ3n) is 6.19. The first-order valence-corrected chi connectivity index (χ1v) is 10.2. The number of phenolic OH excluding ortho intramolecular Hbond substituents is 1. The minimum Gasteiger partial charge on any atom is -0.507 e. The predicted molar refractivity (Wildman–Crippen MR) is 115 cm³/mol. The van der Waals surface area contributed by atoms with Crippen LogP contribution in [0.1, 0.15) is 24.2 Å². The second kappa shape index (κ2) is 7.32. The van der Waals surface area contributed by atoms with Crippen LogP contribution in [-0.2, 0) is 11.2 Å². The number of rotatable bonds is 3. The van der Waals surface area contributed by atoms with E-state index in [4.69, 9.17) is 9.15 Å². The largest absolute Gasteiger partial charge is 0.507 e. The molecule has 1 aliphatic rings. The Labute approximate surface area is 176 Å². The fourth-order valence-corrected chi connectivity index (χ4v) is 4.50. The molecule has 0 aliphatic carbocycles. The number of aliphatic hydroxyl groups excluding tert-OH is 3. The summed E-state index contributed by atoms with van der Waals surface area (Å²) in [6.45, 7) is 1.55. The molecule has 1 aromatic heterocycles. The maximum absolute atomic E-state index is 12.9. The van der Waals surface area contributed by atoms with E-state index in [1.807, 2.05) is 25.1 Å². The molecule has 0 amide bonds. The van der Waals surface area contributed by atoms with E-state index in [2.05, 4.69) is 0 Å². The topological polar surface area (TPSA) is 120 Å². The maximum Gasteiger partial charge on any atom is 0.344 e. The summed E-state index contributed by atoms with van der Waals surface area (Å²) in [4.78, 5) is 12.9. The lowest BCUT2D eigenvalue weighted by Gasteiger charge is -2.19. The van der Waals surface area contributed by atoms with Gasteiger partial charge in [0.2, 0.25) is 0 Å². The molecule has 7 heteroatoms. The van der Waals surface area contributed by atoms with Crippen molar-refractivity contribution in [2.24, 2.45) is 0 Å². The lowest BCUT2D eigenvalue weighted by molar-refractivity contribution is -0.0223. The molecule has 2 heterocycles. The number of benzene rings is 3. The van der Waals surface area contributed by atoms with Crippen LogP contribution in [0.15, 0.2) is 51.7 Å². The van der Waals surface area contributed by atoms with Gasteiger partial charge in [-0.3, -0.25) is 0 Å². The van der Waals surface area contributed by atoms with E-state index in [9.17, 15) is 25.2 Å². The summed E-state index contributed by atoms with van der Waals surface area (Å²) in [5, 5.41) is 43.4. The van der Waals surface area contributed by atoms with Crippen LogP contribution in [0.3, 0.4) is 0 Å². The zero-order valence-corrected chi connectivity index (χ0v) is 16.8. The van der Waals surface area contributed by atoms with Crippen molar-refractivity contribution in [3.05, 3.63) is 64.0 Å². The SMILES string of the molecule is CCc1ccc2c(c1)c(=O)oc1c2ccc2c(O)ccc([C@@H]3O[C@H](CO)[C@@H](O)[C@H]3O)c21. The van der Waals surface area contributed by atoms with E-state index < -0.39 is 36.6 Å². The third kappa shape index (κ3) is 2.93. The molecule has 7 nitrogen and oxygen atoms in total. The first kappa shape index (κ1) is 20.0. The molecule has 0 unspecified atom stereocenters. The lowest BCUT2D eigenvalue weighted by atomic mass is 9.93. The Kier molecular flexibility index (Phi) is 4.71. The normalized spacial score (nSPS) is 23.9. The van der Waals surface area contributed by atoms with Crippen molar-refractivity contribution in [2.75, 3.05) is 6.61 Å². The van der Waals surface area contributed by atoms with Crippen molar-refractivity contribution >= 4 is 32.5 Å². The van der Waals surface area contributed by atoms with Gasteiger partial charge in [-0.1, -0.05) is 25.1 Å². The summed E-state index contributed by atoms with van der Waals surface area (Å²) < 4.78 is 11.5. The van der Waals surface area contributed by atoms with Crippen LogP contribution in [0, 0.1) is 0 Å². The highest BCUT2D eigenvalue weighted by molar-refractivity contribution is 6.16. The van der Waals surface area contributed by atoms with Crippen LogP contribution in [0.25, 0.3) is 32.5 Å². The van der Waals surface area contributed by atoms with Crippen molar-refractivity contribution in [3.8, 4) is 5.75 Å². The highest BCUT2D eigenvalue weighted by atomic mass is 16.6. The third-order valence-corrected chi connectivity index (χ3v) is 6.19. The van der Waals surface area contributed by atoms with Gasteiger partial charge in [0.25, 0.3) is 0 Å². The molecular weight excluding hydrogens is 400 g/mol. The molecule has 0 spiro atoms. The molecule has 3 aromatic carbocycles. The first-order chi connectivity index (χ1) is 14.9. The summed E-state index contributed by atoms with van der Waals surface area (Å²) in [5.74, 6) is -0.0172. The van der Waals surface area contributed by atoms with Crippen molar-refractivity contribution in [1.82, 2.24) is 0 Å². The molecule has 4 atom stereocenters. The highest BCUT2D eigenvalue weighted by Gasteiger charge is 2.43. The Hall–Kier alpha value is -2.97. The van der Waals surface area contributed by atoms with Gasteiger partial charge in [-0.05, 0) is 47.2 Å². The average Bonchev–Trinajstić information content (AvgIpc) is 3.07. The monoisotopic (exact) mass is 422 g/mol. The Bertz CT molecular complexity index is 1370. The molecule has 1 fully saturated rings. The van der Waals surface area contributed by atoms with E-state index in [0.717, 1.165) is 17.4 Å². The van der Waals surface area contributed by atoms with E-state index in [1.54, 1.807) is 18.2 Å². The summed E-state index contributed by atoms with van der Waals surface area (Å²) >= 11 is 0. The fourth-order valence-electron chi connectivity index (χ4n) is 4.50. The number of fused-ring (bicyclic) bond motifs is 5. The van der Waals surface area contributed by atoms with E-state index in [0.29, 0.717) is 27.1 Å². The summed E-state index contributed by atoms with van der Waals surface area (Å²) in [6.07, 6.45) is -3.69. The number of hydrogen-bond acceptors (Lipinski definition) is 7. The van der Waals surface area contributed by atoms with Crippen LogP contribution >= 0.6 is 0 Å². The molecule has 31 heavy (non-hydrogen) atoms. The van der Waals surface area contributed by atoms with Gasteiger partial charge < -0.3 is 29.6 Å². The molecule has 0 radical (unpaired) electrons. The number of aliphatic hydroxyl groups is 3. The molecule has 4 N–H and O–H groups in total. The maximum atomic E-state index is 12.9. The predicted octanol–water partition coefficient (Wildman–Crippen LogP) is 2.52. The smallest absolute Gasteiger partial charge is 0.344 e. The number of hydrogen-bond donors (Lipinski definition) is 4. The van der Waals surface area contributed by atoms with Crippen molar-refractivity contribution in [2.45, 2.75) is 37.8 Å². The van der Waals surface area contributed by atoms with E-state index in [-0.39, 0.29) is 11.3 Å². The average molecular weight is 422 g/mol. The van der Waals surface area contributed by atoms with Gasteiger partial charge in [0.1, 0.15) is 35.7 Å². The Morgan fingerprint density at radius 3 is 2.39 bits per heavy atom. The second-order valence-electron chi connectivity index (χ2n) is 7.92. The minimum atomic E-state index is -1.29. The molecule has 5 rings (SSSR count). The Morgan fingerprint density at radius 2 is 1.68 bits per heavy atom. The van der Waals surface area contributed by atoms with Gasteiger partial charge in [0.05, 0.1) is 12.0 Å². The van der Waals surface area contributed by atoms with Gasteiger partial charge in [-0.2, -0.15) is 0 Å². The summed E-state index contributed by atoms with van der Waals surface area (Å²) in [7, 11) is 0. The fraction of sp³-hybridized carbons (Fsp3) is 0.292. The van der Waals surface area contributed by atoms with E-state index >= 15 is 0 Å². The number of ether oxygens (including phenoxy) is 1. The molecule has 4 aromatic rings. The Morgan fingerprint density at radius 1 is 0.935 bits per heavy atom. The zero-order valence-electron chi connectivity index (χ0n) is 16.8. The second-order valence-corrected chi connectivity index (χ2v) is 7.92. The quantitative estimate of drug-likeness (QED) is 0.296.